The lowest BCUT2D eigenvalue weighted by Crippen LogP contribution is -2.40. The van der Waals surface area contributed by atoms with Crippen molar-refractivity contribution in [3.05, 3.63) is 0 Å². The van der Waals surface area contributed by atoms with Crippen molar-refractivity contribution in [1.82, 2.24) is 4.90 Å². The molecule has 0 rings (SSSR count). The van der Waals surface area contributed by atoms with Crippen molar-refractivity contribution in [3.8, 4) is 0 Å². The van der Waals surface area contributed by atoms with Crippen LogP contribution in [0.5, 0.6) is 0 Å². The normalized spacial score (nSPS) is 15.0. The van der Waals surface area contributed by atoms with Gasteiger partial charge in [0.1, 0.15) is 6.23 Å². The van der Waals surface area contributed by atoms with Gasteiger partial charge in [-0.2, -0.15) is 8.78 Å². The van der Waals surface area contributed by atoms with Crippen LogP contribution in [0.25, 0.3) is 0 Å². The number of alkyl halides is 3. The summed E-state index contributed by atoms with van der Waals surface area (Å²) in [5.74, 6) is 0. The lowest BCUT2D eigenvalue weighted by atomic mass is 10.4. The van der Waals surface area contributed by atoms with Crippen molar-refractivity contribution < 1.29 is 17.9 Å². The van der Waals surface area contributed by atoms with Gasteiger partial charge >= 0.3 is 6.11 Å². The van der Waals surface area contributed by atoms with Crippen LogP contribution in [0.2, 0.25) is 0 Å². The smallest absolute Gasteiger partial charge is 0.300 e. The van der Waals surface area contributed by atoms with Crippen molar-refractivity contribution in [2.45, 2.75) is 33.1 Å². The highest BCUT2D eigenvalue weighted by atomic mass is 19.3. The molecule has 0 aromatic carbocycles. The molecule has 0 heterocycles. The van der Waals surface area contributed by atoms with Crippen molar-refractivity contribution in [2.24, 2.45) is 0 Å². The fourth-order valence-corrected chi connectivity index (χ4v) is 1.09. The minimum absolute atomic E-state index is 0.597. The Morgan fingerprint density at radius 2 is 1.77 bits per heavy atom. The van der Waals surface area contributed by atoms with E-state index in [0.717, 1.165) is 0 Å². The summed E-state index contributed by atoms with van der Waals surface area (Å²) in [5.41, 5.74) is 0. The Morgan fingerprint density at radius 1 is 1.31 bits per heavy atom. The summed E-state index contributed by atoms with van der Waals surface area (Å²) in [7, 11) is 0. The molecule has 5 heteroatoms. The Labute approximate surface area is 76.7 Å². The first kappa shape index (κ1) is 12.7. The van der Waals surface area contributed by atoms with Gasteiger partial charge in [0.25, 0.3) is 0 Å². The fourth-order valence-electron chi connectivity index (χ4n) is 1.09. The first-order valence-electron chi connectivity index (χ1n) is 4.32. The molecule has 0 bridgehead atoms. The van der Waals surface area contributed by atoms with Crippen LogP contribution in [0.15, 0.2) is 0 Å². The Kier molecular flexibility index (Phi) is 5.32. The molecular weight excluding hydrogens is 183 g/mol. The zero-order valence-corrected chi connectivity index (χ0v) is 8.19. The summed E-state index contributed by atoms with van der Waals surface area (Å²) in [4.78, 5) is 1.67. The molecule has 13 heavy (non-hydrogen) atoms. The highest BCUT2D eigenvalue weighted by Gasteiger charge is 2.33. The highest BCUT2D eigenvalue weighted by Crippen LogP contribution is 2.19. The topological polar surface area (TPSA) is 12.5 Å². The number of hydrogen-bond donors (Lipinski definition) is 0. The van der Waals surface area contributed by atoms with E-state index in [4.69, 9.17) is 0 Å². The van der Waals surface area contributed by atoms with Gasteiger partial charge in [0, 0.05) is 0 Å². The molecule has 80 valence electrons. The van der Waals surface area contributed by atoms with E-state index in [9.17, 15) is 13.2 Å². The van der Waals surface area contributed by atoms with Gasteiger partial charge in [0.2, 0.25) is 0 Å². The zero-order chi connectivity index (χ0) is 10.5. The quantitative estimate of drug-likeness (QED) is 0.608. The molecule has 0 amide bonds. The van der Waals surface area contributed by atoms with E-state index >= 15 is 0 Å². The van der Waals surface area contributed by atoms with Gasteiger partial charge in [0.15, 0.2) is 6.67 Å². The van der Waals surface area contributed by atoms with Crippen LogP contribution >= 0.6 is 0 Å². The summed E-state index contributed by atoms with van der Waals surface area (Å²) in [6.45, 7) is 4.56. The Hall–Kier alpha value is -0.290. The number of rotatable bonds is 6. The van der Waals surface area contributed by atoms with Gasteiger partial charge in [-0.3, -0.25) is 9.64 Å². The maximum absolute atomic E-state index is 12.4. The Balaban J connectivity index is 4.04. The molecule has 0 aliphatic carbocycles. The molecule has 0 aromatic heterocycles. The third-order valence-electron chi connectivity index (χ3n) is 1.83. The lowest BCUT2D eigenvalue weighted by Gasteiger charge is -2.28. The van der Waals surface area contributed by atoms with E-state index in [1.165, 1.54) is 6.92 Å². The van der Waals surface area contributed by atoms with Gasteiger partial charge < -0.3 is 0 Å². The van der Waals surface area contributed by atoms with E-state index in [0.29, 0.717) is 13.1 Å². The number of ether oxygens (including phenoxy) is 1. The van der Waals surface area contributed by atoms with Crippen LogP contribution in [0, 0.1) is 0 Å². The van der Waals surface area contributed by atoms with E-state index in [-0.39, 0.29) is 0 Å². The average Bonchev–Trinajstić information content (AvgIpc) is 2.06. The predicted molar refractivity (Wildman–Crippen MR) is 44.4 cm³/mol. The maximum atomic E-state index is 12.4. The van der Waals surface area contributed by atoms with Crippen molar-refractivity contribution in [2.75, 3.05) is 19.8 Å². The summed E-state index contributed by atoms with van der Waals surface area (Å²) in [6.07, 6.45) is -4.43. The molecule has 0 radical (unpaired) electrons. The summed E-state index contributed by atoms with van der Waals surface area (Å²) in [6, 6.07) is 0. The van der Waals surface area contributed by atoms with E-state index < -0.39 is 19.0 Å². The molecule has 0 N–H and O–H groups in total. The number of halogens is 3. The van der Waals surface area contributed by atoms with Crippen molar-refractivity contribution in [1.29, 1.82) is 0 Å². The summed E-state index contributed by atoms with van der Waals surface area (Å²) in [5, 5.41) is 0. The van der Waals surface area contributed by atoms with Crippen LogP contribution in [-0.4, -0.2) is 37.0 Å². The van der Waals surface area contributed by atoms with Crippen LogP contribution in [0.4, 0.5) is 13.2 Å². The van der Waals surface area contributed by atoms with Gasteiger partial charge in [-0.1, -0.05) is 13.8 Å². The molecular formula is C8H16F3NO. The molecule has 1 unspecified atom stereocenters. The maximum Gasteiger partial charge on any atom is 0.385 e. The zero-order valence-electron chi connectivity index (χ0n) is 8.19. The SMILES string of the molecule is CCN(CC)C(C)OC(F)(F)CF. The Morgan fingerprint density at radius 3 is 2.08 bits per heavy atom. The molecule has 0 spiro atoms. The molecule has 0 saturated heterocycles. The second kappa shape index (κ2) is 5.44. The standard InChI is InChI=1S/C8H16F3NO/c1-4-12(5-2)7(3)13-8(10,11)6-9/h7H,4-6H2,1-3H3. The van der Waals surface area contributed by atoms with Gasteiger partial charge in [-0.15, -0.1) is 0 Å². The second-order valence-electron chi connectivity index (χ2n) is 2.71. The van der Waals surface area contributed by atoms with E-state index in [1.807, 2.05) is 13.8 Å². The van der Waals surface area contributed by atoms with Crippen molar-refractivity contribution in [3.63, 3.8) is 0 Å². The third kappa shape index (κ3) is 4.47. The van der Waals surface area contributed by atoms with Crippen LogP contribution < -0.4 is 0 Å². The Bertz CT molecular complexity index is 139. The fraction of sp³-hybridized carbons (Fsp3) is 1.00. The van der Waals surface area contributed by atoms with Gasteiger partial charge in [0.05, 0.1) is 0 Å². The van der Waals surface area contributed by atoms with E-state index in [1.54, 1.807) is 4.90 Å². The third-order valence-corrected chi connectivity index (χ3v) is 1.83. The lowest BCUT2D eigenvalue weighted by molar-refractivity contribution is -0.289. The molecule has 2 nitrogen and oxygen atoms in total. The largest absolute Gasteiger partial charge is 0.385 e. The predicted octanol–water partition coefficient (Wildman–Crippen LogP) is 2.25. The van der Waals surface area contributed by atoms with Crippen LogP contribution in [0.1, 0.15) is 20.8 Å². The molecule has 0 fully saturated rings. The minimum Gasteiger partial charge on any atom is -0.300 e. The van der Waals surface area contributed by atoms with Crippen LogP contribution in [-0.2, 0) is 4.74 Å². The molecule has 0 aliphatic heterocycles. The molecule has 0 aliphatic rings. The van der Waals surface area contributed by atoms with Gasteiger partial charge in [-0.25, -0.2) is 4.39 Å². The minimum atomic E-state index is -3.66. The number of hydrogen-bond acceptors (Lipinski definition) is 2. The van der Waals surface area contributed by atoms with Gasteiger partial charge in [-0.05, 0) is 20.0 Å². The summed E-state index contributed by atoms with van der Waals surface area (Å²) >= 11 is 0. The van der Waals surface area contributed by atoms with Crippen LogP contribution in [0.3, 0.4) is 0 Å². The number of nitrogens with zero attached hydrogens (tertiary/aromatic N) is 1. The van der Waals surface area contributed by atoms with Crippen molar-refractivity contribution >= 4 is 0 Å². The molecule has 0 saturated carbocycles. The first-order valence-corrected chi connectivity index (χ1v) is 4.32. The molecule has 0 aromatic rings. The van der Waals surface area contributed by atoms with E-state index in [2.05, 4.69) is 4.74 Å². The average molecular weight is 199 g/mol. The monoisotopic (exact) mass is 199 g/mol. The first-order chi connectivity index (χ1) is 5.96. The second-order valence-corrected chi connectivity index (χ2v) is 2.71. The molecule has 1 atom stereocenters. The highest BCUT2D eigenvalue weighted by molar-refractivity contribution is 4.58. The summed E-state index contributed by atoms with van der Waals surface area (Å²) < 4.78 is 40.8.